The fraction of sp³-hybridized carbons (Fsp3) is 0.389. The van der Waals surface area contributed by atoms with E-state index in [0.29, 0.717) is 5.56 Å². The van der Waals surface area contributed by atoms with Crippen LogP contribution in [0, 0.1) is 17.2 Å². The number of benzene rings is 1. The van der Waals surface area contributed by atoms with E-state index in [1.165, 1.54) is 31.2 Å². The molecule has 144 valence electrons. The lowest BCUT2D eigenvalue weighted by Gasteiger charge is -2.22. The van der Waals surface area contributed by atoms with Gasteiger partial charge in [0.05, 0.1) is 37.2 Å². The van der Waals surface area contributed by atoms with Crippen LogP contribution in [-0.4, -0.2) is 48.2 Å². The van der Waals surface area contributed by atoms with Gasteiger partial charge >= 0.3 is 17.9 Å². The SMILES string of the molecule is CCOC(=O)C[C@H](C(=O)OCC)[C@H](NC(=O)c1ccc(C#N)cc1)C(=O)O. The van der Waals surface area contributed by atoms with Gasteiger partial charge in [-0.25, -0.2) is 4.79 Å². The number of carboxylic acids is 1. The van der Waals surface area contributed by atoms with Crippen molar-refractivity contribution in [2.75, 3.05) is 13.2 Å². The molecule has 1 aromatic rings. The first-order chi connectivity index (χ1) is 12.8. The Hall–Kier alpha value is -3.41. The Morgan fingerprint density at radius 2 is 1.70 bits per heavy atom. The van der Waals surface area contributed by atoms with Crippen LogP contribution in [-0.2, 0) is 23.9 Å². The first kappa shape index (κ1) is 21.6. The van der Waals surface area contributed by atoms with Crippen molar-refractivity contribution in [3.63, 3.8) is 0 Å². The number of esters is 2. The summed E-state index contributed by atoms with van der Waals surface area (Å²) >= 11 is 0. The molecule has 27 heavy (non-hydrogen) atoms. The molecule has 0 fully saturated rings. The maximum Gasteiger partial charge on any atom is 0.327 e. The Bertz CT molecular complexity index is 737. The third-order valence-corrected chi connectivity index (χ3v) is 3.51. The highest BCUT2D eigenvalue weighted by Gasteiger charge is 2.38. The largest absolute Gasteiger partial charge is 0.480 e. The number of ether oxygens (including phenoxy) is 2. The summed E-state index contributed by atoms with van der Waals surface area (Å²) in [6.45, 7) is 3.14. The molecule has 9 nitrogen and oxygen atoms in total. The molecule has 0 aliphatic carbocycles. The van der Waals surface area contributed by atoms with Crippen molar-refractivity contribution in [3.05, 3.63) is 35.4 Å². The zero-order valence-corrected chi connectivity index (χ0v) is 14.9. The average Bonchev–Trinajstić information content (AvgIpc) is 2.64. The first-order valence-electron chi connectivity index (χ1n) is 8.20. The molecule has 0 spiro atoms. The maximum absolute atomic E-state index is 12.3. The van der Waals surface area contributed by atoms with Gasteiger partial charge in [-0.15, -0.1) is 0 Å². The third-order valence-electron chi connectivity index (χ3n) is 3.51. The molecule has 0 aliphatic rings. The Morgan fingerprint density at radius 1 is 1.11 bits per heavy atom. The van der Waals surface area contributed by atoms with E-state index >= 15 is 0 Å². The number of carbonyl (C=O) groups excluding carboxylic acids is 3. The zero-order valence-electron chi connectivity index (χ0n) is 14.9. The summed E-state index contributed by atoms with van der Waals surface area (Å²) in [6, 6.07) is 5.68. The van der Waals surface area contributed by atoms with Crippen LogP contribution in [0.1, 0.15) is 36.2 Å². The fourth-order valence-corrected chi connectivity index (χ4v) is 2.24. The van der Waals surface area contributed by atoms with Gasteiger partial charge in [0.2, 0.25) is 0 Å². The third kappa shape index (κ3) is 6.43. The van der Waals surface area contributed by atoms with Crippen molar-refractivity contribution >= 4 is 23.8 Å². The molecule has 0 saturated carbocycles. The number of nitrogens with one attached hydrogen (secondary N) is 1. The molecule has 0 bridgehead atoms. The van der Waals surface area contributed by atoms with Crippen LogP contribution in [0.15, 0.2) is 24.3 Å². The van der Waals surface area contributed by atoms with Crippen molar-refractivity contribution in [1.82, 2.24) is 5.32 Å². The molecule has 1 rings (SSSR count). The molecule has 0 aliphatic heterocycles. The second-order valence-electron chi connectivity index (χ2n) is 5.35. The van der Waals surface area contributed by atoms with E-state index < -0.39 is 42.2 Å². The van der Waals surface area contributed by atoms with Gasteiger partial charge in [-0.3, -0.25) is 14.4 Å². The highest BCUT2D eigenvalue weighted by molar-refractivity contribution is 5.98. The molecule has 1 aromatic carbocycles. The molecular weight excluding hydrogens is 356 g/mol. The molecule has 0 saturated heterocycles. The van der Waals surface area contributed by atoms with Crippen molar-refractivity contribution < 1.29 is 33.8 Å². The van der Waals surface area contributed by atoms with E-state index in [1.54, 1.807) is 6.92 Å². The normalized spacial score (nSPS) is 12.2. The number of nitrogens with zero attached hydrogens (tertiary/aromatic N) is 1. The van der Waals surface area contributed by atoms with E-state index in [2.05, 4.69) is 5.32 Å². The van der Waals surface area contributed by atoms with Crippen molar-refractivity contribution in [2.24, 2.45) is 5.92 Å². The topological polar surface area (TPSA) is 143 Å². The van der Waals surface area contributed by atoms with Crippen LogP contribution >= 0.6 is 0 Å². The quantitative estimate of drug-likeness (QED) is 0.605. The molecule has 0 heterocycles. The van der Waals surface area contributed by atoms with Gasteiger partial charge < -0.3 is 19.9 Å². The van der Waals surface area contributed by atoms with Gasteiger partial charge in [0.15, 0.2) is 0 Å². The van der Waals surface area contributed by atoms with Crippen LogP contribution in [0.4, 0.5) is 0 Å². The number of hydrogen-bond acceptors (Lipinski definition) is 7. The molecule has 9 heteroatoms. The number of carbonyl (C=O) groups is 4. The molecule has 0 aromatic heterocycles. The smallest absolute Gasteiger partial charge is 0.327 e. The molecule has 1 amide bonds. The van der Waals surface area contributed by atoms with Crippen LogP contribution in [0.25, 0.3) is 0 Å². The Kier molecular flexibility index (Phi) is 8.45. The number of amides is 1. The summed E-state index contributed by atoms with van der Waals surface area (Å²) in [7, 11) is 0. The number of rotatable bonds is 9. The second-order valence-corrected chi connectivity index (χ2v) is 5.35. The summed E-state index contributed by atoms with van der Waals surface area (Å²) in [5.74, 6) is -5.44. The van der Waals surface area contributed by atoms with Gasteiger partial charge in [0.25, 0.3) is 5.91 Å². The molecule has 2 N–H and O–H groups in total. The average molecular weight is 376 g/mol. The maximum atomic E-state index is 12.3. The summed E-state index contributed by atoms with van der Waals surface area (Å²) in [5, 5.41) is 20.5. The summed E-state index contributed by atoms with van der Waals surface area (Å²) < 4.78 is 9.60. The standard InChI is InChI=1S/C18H20N2O7/c1-3-26-14(21)9-13(18(25)27-4-2)15(17(23)24)20-16(22)12-7-5-11(10-19)6-8-12/h5-8,13,15H,3-4,9H2,1-2H3,(H,20,22)(H,23,24)/t13-,15-/m0/s1. The summed E-state index contributed by atoms with van der Waals surface area (Å²) in [6.07, 6.45) is -0.558. The highest BCUT2D eigenvalue weighted by Crippen LogP contribution is 2.15. The van der Waals surface area contributed by atoms with Gasteiger partial charge in [-0.2, -0.15) is 5.26 Å². The van der Waals surface area contributed by atoms with E-state index in [-0.39, 0.29) is 18.8 Å². The highest BCUT2D eigenvalue weighted by atomic mass is 16.5. The molecular formula is C18H20N2O7. The minimum Gasteiger partial charge on any atom is -0.480 e. The van der Waals surface area contributed by atoms with Gasteiger partial charge in [0, 0.05) is 5.56 Å². The number of hydrogen-bond donors (Lipinski definition) is 2. The van der Waals surface area contributed by atoms with Crippen LogP contribution < -0.4 is 5.32 Å². The summed E-state index contributed by atoms with van der Waals surface area (Å²) in [5.41, 5.74) is 0.423. The monoisotopic (exact) mass is 376 g/mol. The molecule has 0 radical (unpaired) electrons. The van der Waals surface area contributed by atoms with Crippen molar-refractivity contribution in [2.45, 2.75) is 26.3 Å². The lowest BCUT2D eigenvalue weighted by Crippen LogP contribution is -2.49. The Morgan fingerprint density at radius 3 is 2.19 bits per heavy atom. The van der Waals surface area contributed by atoms with Gasteiger partial charge in [-0.1, -0.05) is 0 Å². The Balaban J connectivity index is 3.05. The van der Waals surface area contributed by atoms with Crippen LogP contribution in [0.2, 0.25) is 0 Å². The van der Waals surface area contributed by atoms with Crippen LogP contribution in [0.3, 0.4) is 0 Å². The lowest BCUT2D eigenvalue weighted by molar-refractivity contribution is -0.159. The van der Waals surface area contributed by atoms with Crippen LogP contribution in [0.5, 0.6) is 0 Å². The minimum atomic E-state index is -1.70. The summed E-state index contributed by atoms with van der Waals surface area (Å²) in [4.78, 5) is 47.9. The number of aliphatic carboxylic acids is 1. The van der Waals surface area contributed by atoms with Gasteiger partial charge in [0.1, 0.15) is 6.04 Å². The molecule has 0 unspecified atom stereocenters. The predicted molar refractivity (Wildman–Crippen MR) is 91.4 cm³/mol. The lowest BCUT2D eigenvalue weighted by atomic mass is 9.95. The number of carboxylic acid groups (broad SMARTS) is 1. The van der Waals surface area contributed by atoms with E-state index in [1.807, 2.05) is 6.07 Å². The van der Waals surface area contributed by atoms with E-state index in [0.717, 1.165) is 0 Å². The van der Waals surface area contributed by atoms with Gasteiger partial charge in [-0.05, 0) is 38.1 Å². The number of nitriles is 1. The van der Waals surface area contributed by atoms with E-state index in [9.17, 15) is 24.3 Å². The first-order valence-corrected chi connectivity index (χ1v) is 8.20. The predicted octanol–water partition coefficient (Wildman–Crippen LogP) is 0.874. The van der Waals surface area contributed by atoms with Crippen molar-refractivity contribution in [3.8, 4) is 6.07 Å². The zero-order chi connectivity index (χ0) is 20.4. The van der Waals surface area contributed by atoms with Crippen molar-refractivity contribution in [1.29, 1.82) is 5.26 Å². The van der Waals surface area contributed by atoms with E-state index in [4.69, 9.17) is 14.7 Å². The second kappa shape index (κ2) is 10.6. The molecule has 2 atom stereocenters. The minimum absolute atomic E-state index is 0.0198. The fourth-order valence-electron chi connectivity index (χ4n) is 2.24. The Labute approximate surface area is 155 Å².